The summed E-state index contributed by atoms with van der Waals surface area (Å²) in [6, 6.07) is 0. The average Bonchev–Trinajstić information content (AvgIpc) is 2.10. The maximum absolute atomic E-state index is 9.72. The molecule has 0 aliphatic heterocycles. The molecule has 0 N–H and O–H groups in total. The molecule has 0 unspecified atom stereocenters. The summed E-state index contributed by atoms with van der Waals surface area (Å²) in [5.41, 5.74) is 0. The van der Waals surface area contributed by atoms with Crippen LogP contribution in [-0.2, 0) is 9.53 Å². The van der Waals surface area contributed by atoms with Gasteiger partial charge in [-0.05, 0) is 12.8 Å². The third-order valence-electron chi connectivity index (χ3n) is 1.65. The van der Waals surface area contributed by atoms with E-state index in [2.05, 4.69) is 17.7 Å². The van der Waals surface area contributed by atoms with E-state index in [1.54, 1.807) is 0 Å². The van der Waals surface area contributed by atoms with Crippen molar-refractivity contribution in [1.82, 2.24) is 0 Å². The molecule has 0 saturated carbocycles. The lowest BCUT2D eigenvalue weighted by Gasteiger charge is -1.94. The summed E-state index contributed by atoms with van der Waals surface area (Å²) in [6.07, 6.45) is 10.2. The number of allylic oxidation sites excluding steroid dienone is 1. The van der Waals surface area contributed by atoms with Gasteiger partial charge in [-0.1, -0.05) is 38.3 Å². The van der Waals surface area contributed by atoms with Gasteiger partial charge in [-0.3, -0.25) is 4.79 Å². The van der Waals surface area contributed by atoms with Crippen LogP contribution in [0.4, 0.5) is 0 Å². The quantitative estimate of drug-likeness (QED) is 0.318. The number of unbranched alkanes of at least 4 members (excludes halogenated alkanes) is 4. The van der Waals surface area contributed by atoms with Crippen LogP contribution >= 0.6 is 0 Å². The summed E-state index contributed by atoms with van der Waals surface area (Å²) >= 11 is 0. The molecule has 0 heterocycles. The second-order valence-corrected chi connectivity index (χ2v) is 2.75. The van der Waals surface area contributed by atoms with Gasteiger partial charge in [-0.2, -0.15) is 0 Å². The van der Waals surface area contributed by atoms with E-state index in [9.17, 15) is 4.79 Å². The van der Waals surface area contributed by atoms with Crippen LogP contribution in [0.3, 0.4) is 0 Å². The van der Waals surface area contributed by atoms with E-state index in [-0.39, 0.29) is 0 Å². The molecule has 0 aromatic heterocycles. The number of rotatable bonds is 8. The van der Waals surface area contributed by atoms with Crippen molar-refractivity contribution in [2.24, 2.45) is 0 Å². The van der Waals surface area contributed by atoms with Crippen LogP contribution in [0.15, 0.2) is 12.2 Å². The zero-order valence-electron chi connectivity index (χ0n) is 7.79. The Kier molecular flexibility index (Phi) is 9.54. The molecule has 12 heavy (non-hydrogen) atoms. The summed E-state index contributed by atoms with van der Waals surface area (Å²) < 4.78 is 4.49. The molecule has 0 aliphatic rings. The van der Waals surface area contributed by atoms with Crippen molar-refractivity contribution >= 4 is 6.47 Å². The van der Waals surface area contributed by atoms with Crippen molar-refractivity contribution in [2.45, 2.75) is 39.0 Å². The zero-order valence-corrected chi connectivity index (χ0v) is 7.79. The number of carbonyl (C=O) groups is 1. The van der Waals surface area contributed by atoms with E-state index in [1.807, 2.05) is 6.08 Å². The summed E-state index contributed by atoms with van der Waals surface area (Å²) in [5.74, 6) is 0. The predicted octanol–water partition coefficient (Wildman–Crippen LogP) is 2.69. The first-order valence-corrected chi connectivity index (χ1v) is 4.62. The molecular formula is C10H18O2. The van der Waals surface area contributed by atoms with Crippen LogP contribution in [-0.4, -0.2) is 13.1 Å². The minimum Gasteiger partial charge on any atom is -0.464 e. The molecule has 0 aliphatic carbocycles. The Morgan fingerprint density at radius 1 is 1.17 bits per heavy atom. The second kappa shape index (κ2) is 10.2. The van der Waals surface area contributed by atoms with Crippen molar-refractivity contribution in [3.05, 3.63) is 12.2 Å². The molecule has 0 bridgehead atoms. The lowest BCUT2D eigenvalue weighted by molar-refractivity contribution is -0.127. The number of hydrogen-bond acceptors (Lipinski definition) is 2. The van der Waals surface area contributed by atoms with Gasteiger partial charge in [-0.15, -0.1) is 0 Å². The van der Waals surface area contributed by atoms with Gasteiger partial charge in [0.25, 0.3) is 6.47 Å². The van der Waals surface area contributed by atoms with Crippen LogP contribution in [0, 0.1) is 0 Å². The predicted molar refractivity (Wildman–Crippen MR) is 49.9 cm³/mol. The fraction of sp³-hybridized carbons (Fsp3) is 0.700. The van der Waals surface area contributed by atoms with Gasteiger partial charge in [0.15, 0.2) is 0 Å². The Hall–Kier alpha value is -0.790. The third kappa shape index (κ3) is 9.21. The Bertz CT molecular complexity index is 119. The van der Waals surface area contributed by atoms with E-state index in [4.69, 9.17) is 0 Å². The molecule has 0 saturated heterocycles. The fourth-order valence-electron chi connectivity index (χ4n) is 0.970. The van der Waals surface area contributed by atoms with Crippen LogP contribution in [0.1, 0.15) is 39.0 Å². The van der Waals surface area contributed by atoms with Crippen molar-refractivity contribution in [3.63, 3.8) is 0 Å². The summed E-state index contributed by atoms with van der Waals surface area (Å²) in [7, 11) is 0. The van der Waals surface area contributed by atoms with Crippen molar-refractivity contribution in [3.8, 4) is 0 Å². The van der Waals surface area contributed by atoms with Gasteiger partial charge in [0.1, 0.15) is 6.61 Å². The highest BCUT2D eigenvalue weighted by Crippen LogP contribution is 2.02. The lowest BCUT2D eigenvalue weighted by atomic mass is 10.1. The number of ether oxygens (including phenoxy) is 1. The molecule has 0 fully saturated rings. The van der Waals surface area contributed by atoms with Crippen LogP contribution in [0.5, 0.6) is 0 Å². The average molecular weight is 170 g/mol. The zero-order chi connectivity index (χ0) is 9.07. The number of carbonyl (C=O) groups excluding carboxylic acids is 1. The Balaban J connectivity index is 2.97. The van der Waals surface area contributed by atoms with Gasteiger partial charge >= 0.3 is 0 Å². The maximum Gasteiger partial charge on any atom is 0.293 e. The van der Waals surface area contributed by atoms with Crippen molar-refractivity contribution in [2.75, 3.05) is 6.61 Å². The van der Waals surface area contributed by atoms with Crippen LogP contribution in [0.25, 0.3) is 0 Å². The van der Waals surface area contributed by atoms with E-state index in [0.717, 1.165) is 6.42 Å². The third-order valence-corrected chi connectivity index (χ3v) is 1.65. The Labute approximate surface area is 74.6 Å². The topological polar surface area (TPSA) is 26.3 Å². The van der Waals surface area contributed by atoms with Gasteiger partial charge in [0.05, 0.1) is 0 Å². The molecule has 0 atom stereocenters. The van der Waals surface area contributed by atoms with E-state index in [1.165, 1.54) is 25.7 Å². The van der Waals surface area contributed by atoms with Gasteiger partial charge < -0.3 is 4.74 Å². The first-order valence-electron chi connectivity index (χ1n) is 4.62. The molecule has 70 valence electrons. The summed E-state index contributed by atoms with van der Waals surface area (Å²) in [4.78, 5) is 9.72. The first-order chi connectivity index (χ1) is 5.91. The molecule has 0 amide bonds. The fourth-order valence-corrected chi connectivity index (χ4v) is 0.970. The molecule has 0 rings (SSSR count). The van der Waals surface area contributed by atoms with E-state index < -0.39 is 0 Å². The maximum atomic E-state index is 9.72. The van der Waals surface area contributed by atoms with Crippen LogP contribution < -0.4 is 0 Å². The SMILES string of the molecule is CCCCCC/C=C/COC=O. The van der Waals surface area contributed by atoms with Gasteiger partial charge in [0.2, 0.25) is 0 Å². The molecule has 0 aromatic carbocycles. The monoisotopic (exact) mass is 170 g/mol. The van der Waals surface area contributed by atoms with E-state index in [0.29, 0.717) is 13.1 Å². The molecule has 2 nitrogen and oxygen atoms in total. The minimum atomic E-state index is 0.414. The second-order valence-electron chi connectivity index (χ2n) is 2.75. The summed E-state index contributed by atoms with van der Waals surface area (Å²) in [6.45, 7) is 3.09. The van der Waals surface area contributed by atoms with Crippen molar-refractivity contribution < 1.29 is 9.53 Å². The minimum absolute atomic E-state index is 0.414. The summed E-state index contributed by atoms with van der Waals surface area (Å²) in [5, 5.41) is 0. The Morgan fingerprint density at radius 3 is 2.67 bits per heavy atom. The lowest BCUT2D eigenvalue weighted by Crippen LogP contribution is -1.85. The normalized spacial score (nSPS) is 10.4. The molecule has 0 spiro atoms. The molecule has 2 heteroatoms. The van der Waals surface area contributed by atoms with Gasteiger partial charge in [-0.25, -0.2) is 0 Å². The largest absolute Gasteiger partial charge is 0.464 e. The highest BCUT2D eigenvalue weighted by molar-refractivity contribution is 5.37. The molecular weight excluding hydrogens is 152 g/mol. The Morgan fingerprint density at radius 2 is 2.00 bits per heavy atom. The number of hydrogen-bond donors (Lipinski definition) is 0. The first kappa shape index (κ1) is 11.2. The van der Waals surface area contributed by atoms with E-state index >= 15 is 0 Å². The molecule has 0 aromatic rings. The standard InChI is InChI=1S/C10H18O2/c1-2-3-4-5-6-7-8-9-12-10-11/h7-8,10H,2-6,9H2,1H3/b8-7+. The van der Waals surface area contributed by atoms with Gasteiger partial charge in [0, 0.05) is 0 Å². The van der Waals surface area contributed by atoms with Crippen molar-refractivity contribution in [1.29, 1.82) is 0 Å². The smallest absolute Gasteiger partial charge is 0.293 e. The van der Waals surface area contributed by atoms with Crippen LogP contribution in [0.2, 0.25) is 0 Å². The highest BCUT2D eigenvalue weighted by Gasteiger charge is 1.83. The molecule has 0 radical (unpaired) electrons. The highest BCUT2D eigenvalue weighted by atomic mass is 16.5.